The zero-order valence-electron chi connectivity index (χ0n) is 10.6. The molecule has 102 valence electrons. The molecule has 0 saturated carbocycles. The van der Waals surface area contributed by atoms with Crippen molar-refractivity contribution >= 4 is 28.9 Å². The van der Waals surface area contributed by atoms with Crippen molar-refractivity contribution in [2.24, 2.45) is 0 Å². The van der Waals surface area contributed by atoms with Crippen molar-refractivity contribution in [1.29, 1.82) is 0 Å². The lowest BCUT2D eigenvalue weighted by molar-refractivity contribution is 0.795. The Morgan fingerprint density at radius 1 is 1.30 bits per heavy atom. The second kappa shape index (κ2) is 5.56. The second-order valence-corrected chi connectivity index (χ2v) is 5.76. The van der Waals surface area contributed by atoms with E-state index in [4.69, 9.17) is 11.6 Å². The number of rotatable bonds is 4. The third-order valence-electron chi connectivity index (χ3n) is 2.52. The summed E-state index contributed by atoms with van der Waals surface area (Å²) < 4.78 is 1.54. The van der Waals surface area contributed by atoms with Gasteiger partial charge in [-0.1, -0.05) is 0 Å². The molecule has 0 amide bonds. The Balaban J connectivity index is 1.79. The van der Waals surface area contributed by atoms with Crippen LogP contribution >= 0.6 is 22.9 Å². The molecule has 3 heterocycles. The fourth-order valence-electron chi connectivity index (χ4n) is 1.65. The standard InChI is InChI=1S/C12H11ClN6S/c1-8-3-4-9(20-8)7-14-11-16-10(13)17-12(18-11)19-6-2-5-15-19/h2-6H,7H2,1H3,(H,14,16,17,18). The molecular weight excluding hydrogens is 296 g/mol. The quantitative estimate of drug-likeness (QED) is 0.802. The maximum Gasteiger partial charge on any atom is 0.256 e. The summed E-state index contributed by atoms with van der Waals surface area (Å²) in [5.41, 5.74) is 0. The predicted octanol–water partition coefficient (Wildman–Crippen LogP) is 2.69. The summed E-state index contributed by atoms with van der Waals surface area (Å²) in [6, 6.07) is 5.95. The van der Waals surface area contributed by atoms with Crippen LogP contribution in [0.25, 0.3) is 5.95 Å². The van der Waals surface area contributed by atoms with Crippen LogP contribution in [0.15, 0.2) is 30.6 Å². The van der Waals surface area contributed by atoms with Gasteiger partial charge in [-0.25, -0.2) is 4.68 Å². The number of hydrogen-bond donors (Lipinski definition) is 1. The van der Waals surface area contributed by atoms with Gasteiger partial charge in [0.1, 0.15) is 0 Å². The zero-order chi connectivity index (χ0) is 13.9. The fraction of sp³-hybridized carbons (Fsp3) is 0.167. The molecule has 3 rings (SSSR count). The van der Waals surface area contributed by atoms with Crippen LogP contribution in [-0.4, -0.2) is 24.7 Å². The Labute approximate surface area is 124 Å². The largest absolute Gasteiger partial charge is 0.349 e. The van der Waals surface area contributed by atoms with Gasteiger partial charge in [-0.05, 0) is 36.7 Å². The average molecular weight is 307 g/mol. The van der Waals surface area contributed by atoms with Crippen molar-refractivity contribution in [3.63, 3.8) is 0 Å². The van der Waals surface area contributed by atoms with Crippen LogP contribution in [0.5, 0.6) is 0 Å². The van der Waals surface area contributed by atoms with Gasteiger partial charge in [-0.3, -0.25) is 0 Å². The number of hydrogen-bond acceptors (Lipinski definition) is 6. The van der Waals surface area contributed by atoms with Crippen LogP contribution in [0.4, 0.5) is 5.95 Å². The lowest BCUT2D eigenvalue weighted by atomic mass is 10.4. The molecule has 6 nitrogen and oxygen atoms in total. The first-order valence-corrected chi connectivity index (χ1v) is 7.11. The molecule has 0 saturated heterocycles. The van der Waals surface area contributed by atoms with E-state index in [0.29, 0.717) is 18.4 Å². The lowest BCUT2D eigenvalue weighted by Crippen LogP contribution is -2.08. The number of nitrogens with one attached hydrogen (secondary N) is 1. The Hall–Kier alpha value is -1.99. The van der Waals surface area contributed by atoms with Crippen LogP contribution < -0.4 is 5.32 Å². The highest BCUT2D eigenvalue weighted by molar-refractivity contribution is 7.11. The second-order valence-electron chi connectivity index (χ2n) is 4.04. The van der Waals surface area contributed by atoms with Crippen molar-refractivity contribution in [2.75, 3.05) is 5.32 Å². The van der Waals surface area contributed by atoms with E-state index in [-0.39, 0.29) is 5.28 Å². The van der Waals surface area contributed by atoms with Crippen molar-refractivity contribution in [1.82, 2.24) is 24.7 Å². The van der Waals surface area contributed by atoms with Crippen LogP contribution in [-0.2, 0) is 6.54 Å². The van der Waals surface area contributed by atoms with Gasteiger partial charge in [0.25, 0.3) is 5.95 Å². The van der Waals surface area contributed by atoms with Crippen molar-refractivity contribution in [2.45, 2.75) is 13.5 Å². The normalized spacial score (nSPS) is 10.7. The van der Waals surface area contributed by atoms with E-state index in [0.717, 1.165) is 0 Å². The van der Waals surface area contributed by atoms with Crippen LogP contribution in [0.1, 0.15) is 9.75 Å². The molecule has 0 aliphatic rings. The Kier molecular flexibility index (Phi) is 3.62. The van der Waals surface area contributed by atoms with Gasteiger partial charge in [0, 0.05) is 22.1 Å². The molecule has 0 spiro atoms. The third-order valence-corrected chi connectivity index (χ3v) is 3.69. The van der Waals surface area contributed by atoms with Crippen molar-refractivity contribution < 1.29 is 0 Å². The number of halogens is 1. The summed E-state index contributed by atoms with van der Waals surface area (Å²) in [4.78, 5) is 14.9. The van der Waals surface area contributed by atoms with Gasteiger partial charge in [0.15, 0.2) is 0 Å². The number of aromatic nitrogens is 5. The summed E-state index contributed by atoms with van der Waals surface area (Å²) >= 11 is 7.64. The fourth-order valence-corrected chi connectivity index (χ4v) is 2.64. The molecule has 3 aromatic rings. The van der Waals surface area contributed by atoms with Crippen LogP contribution in [0.3, 0.4) is 0 Å². The first-order valence-electron chi connectivity index (χ1n) is 5.91. The van der Waals surface area contributed by atoms with E-state index in [1.807, 2.05) is 0 Å². The summed E-state index contributed by atoms with van der Waals surface area (Å²) in [6.45, 7) is 2.72. The maximum atomic E-state index is 5.91. The minimum atomic E-state index is 0.135. The van der Waals surface area contributed by atoms with E-state index in [2.05, 4.69) is 44.4 Å². The monoisotopic (exact) mass is 306 g/mol. The van der Waals surface area contributed by atoms with Gasteiger partial charge in [0.05, 0.1) is 6.54 Å². The molecule has 0 unspecified atom stereocenters. The van der Waals surface area contributed by atoms with Gasteiger partial charge in [-0.15, -0.1) is 11.3 Å². The third kappa shape index (κ3) is 2.94. The van der Waals surface area contributed by atoms with Gasteiger partial charge in [-0.2, -0.15) is 20.1 Å². The molecule has 0 aliphatic heterocycles. The van der Waals surface area contributed by atoms with E-state index in [1.165, 1.54) is 14.4 Å². The molecule has 0 aliphatic carbocycles. The first kappa shape index (κ1) is 13.0. The van der Waals surface area contributed by atoms with Crippen LogP contribution in [0, 0.1) is 6.92 Å². The number of aryl methyl sites for hydroxylation is 1. The number of nitrogens with zero attached hydrogens (tertiary/aromatic N) is 5. The maximum absolute atomic E-state index is 5.91. The Morgan fingerprint density at radius 3 is 2.90 bits per heavy atom. The highest BCUT2D eigenvalue weighted by Gasteiger charge is 2.07. The van der Waals surface area contributed by atoms with E-state index >= 15 is 0 Å². The van der Waals surface area contributed by atoms with E-state index in [1.54, 1.807) is 29.8 Å². The predicted molar refractivity (Wildman–Crippen MR) is 78.3 cm³/mol. The van der Waals surface area contributed by atoms with Crippen molar-refractivity contribution in [3.8, 4) is 5.95 Å². The lowest BCUT2D eigenvalue weighted by Gasteiger charge is -2.05. The molecule has 3 aromatic heterocycles. The molecule has 1 N–H and O–H groups in total. The molecule has 0 bridgehead atoms. The topological polar surface area (TPSA) is 68.5 Å². The number of thiophene rings is 1. The molecule has 0 aromatic carbocycles. The minimum absolute atomic E-state index is 0.135. The smallest absolute Gasteiger partial charge is 0.256 e. The Morgan fingerprint density at radius 2 is 2.20 bits per heavy atom. The average Bonchev–Trinajstić information content (AvgIpc) is 3.07. The van der Waals surface area contributed by atoms with E-state index in [9.17, 15) is 0 Å². The molecular formula is C12H11ClN6S. The highest BCUT2D eigenvalue weighted by Crippen LogP contribution is 2.16. The molecule has 8 heteroatoms. The summed E-state index contributed by atoms with van der Waals surface area (Å²) in [5, 5.41) is 7.34. The van der Waals surface area contributed by atoms with Gasteiger partial charge >= 0.3 is 0 Å². The zero-order valence-corrected chi connectivity index (χ0v) is 12.2. The van der Waals surface area contributed by atoms with E-state index < -0.39 is 0 Å². The highest BCUT2D eigenvalue weighted by atomic mass is 35.5. The Bertz CT molecular complexity index is 709. The first-order chi connectivity index (χ1) is 9.70. The van der Waals surface area contributed by atoms with Crippen LogP contribution in [0.2, 0.25) is 5.28 Å². The van der Waals surface area contributed by atoms with Crippen molar-refractivity contribution in [3.05, 3.63) is 45.6 Å². The molecule has 0 atom stereocenters. The molecule has 20 heavy (non-hydrogen) atoms. The summed E-state index contributed by atoms with van der Waals surface area (Å²) in [7, 11) is 0. The minimum Gasteiger partial charge on any atom is -0.349 e. The number of anilines is 1. The molecule has 0 radical (unpaired) electrons. The SMILES string of the molecule is Cc1ccc(CNc2nc(Cl)nc(-n3cccn3)n2)s1. The molecule has 0 fully saturated rings. The van der Waals surface area contributed by atoms with Gasteiger partial charge in [0.2, 0.25) is 11.2 Å². The summed E-state index contributed by atoms with van der Waals surface area (Å²) in [6.07, 6.45) is 3.40. The summed E-state index contributed by atoms with van der Waals surface area (Å²) in [5.74, 6) is 0.821. The van der Waals surface area contributed by atoms with Gasteiger partial charge < -0.3 is 5.32 Å².